The molecule has 12 heteroatoms. The number of hydrogen-bond donors (Lipinski definition) is 5. The number of nitrogens with two attached hydrogens (primary N) is 1. The average Bonchev–Trinajstić information content (AvgIpc) is 2.79. The Kier molecular flexibility index (Phi) is 6.69. The zero-order valence-corrected chi connectivity index (χ0v) is 19.4. The first-order chi connectivity index (χ1) is 16.6. The summed E-state index contributed by atoms with van der Waals surface area (Å²) >= 11 is 6.69. The van der Waals surface area contributed by atoms with Gasteiger partial charge in [-0.3, -0.25) is 4.79 Å². The molecule has 0 unspecified atom stereocenters. The fraction of sp³-hybridized carbons (Fsp3) is 0.304. The molecule has 6 N–H and O–H groups in total. The lowest BCUT2D eigenvalue weighted by Crippen LogP contribution is -2.59. The van der Waals surface area contributed by atoms with Crippen LogP contribution >= 0.6 is 11.6 Å². The average molecular weight is 509 g/mol. The number of carbonyl (C=O) groups is 1. The molecule has 0 atom stereocenters. The normalized spacial score (nSPS) is 13.9. The molecular formula is C23H23ClF2N4O5. The Balaban J connectivity index is 2.05. The Hall–Kier alpha value is -3.25. The number of pyridine rings is 1. The third-order valence-corrected chi connectivity index (χ3v) is 6.49. The number of fused-ring (bicyclic) bond motifs is 1. The van der Waals surface area contributed by atoms with Crippen LogP contribution in [-0.2, 0) is 6.61 Å². The second-order valence-corrected chi connectivity index (χ2v) is 8.69. The number of aliphatic hydroxyl groups excluding tert-OH is 2. The van der Waals surface area contributed by atoms with Gasteiger partial charge in [0, 0.05) is 43.0 Å². The van der Waals surface area contributed by atoms with Crippen molar-refractivity contribution in [3.63, 3.8) is 0 Å². The first-order valence-electron chi connectivity index (χ1n) is 10.7. The van der Waals surface area contributed by atoms with Crippen LogP contribution in [0.3, 0.4) is 0 Å². The van der Waals surface area contributed by atoms with Crippen molar-refractivity contribution in [1.82, 2.24) is 9.88 Å². The van der Waals surface area contributed by atoms with Gasteiger partial charge in [0.1, 0.15) is 11.4 Å². The van der Waals surface area contributed by atoms with Gasteiger partial charge >= 0.3 is 5.97 Å². The minimum absolute atomic E-state index is 0.00282. The predicted molar refractivity (Wildman–Crippen MR) is 128 cm³/mol. The number of carboxylic acid groups (broad SMARTS) is 1. The summed E-state index contributed by atoms with van der Waals surface area (Å²) < 4.78 is 30.9. The summed E-state index contributed by atoms with van der Waals surface area (Å²) in [6.07, 6.45) is 1.01. The van der Waals surface area contributed by atoms with Gasteiger partial charge < -0.3 is 35.8 Å². The number of carboxylic acids is 1. The number of aliphatic hydroxyl groups is 2. The molecule has 0 aliphatic carbocycles. The fourth-order valence-electron chi connectivity index (χ4n) is 4.32. The summed E-state index contributed by atoms with van der Waals surface area (Å²) in [6.45, 7) is 1.81. The number of aromatic nitrogens is 1. The molecule has 35 heavy (non-hydrogen) atoms. The molecule has 0 bridgehead atoms. The molecular weight excluding hydrogens is 486 g/mol. The monoisotopic (exact) mass is 508 g/mol. The second kappa shape index (κ2) is 9.42. The van der Waals surface area contributed by atoms with E-state index < -0.39 is 35.2 Å². The second-order valence-electron chi connectivity index (χ2n) is 8.31. The molecule has 0 radical (unpaired) electrons. The van der Waals surface area contributed by atoms with Crippen LogP contribution in [0.4, 0.5) is 20.2 Å². The molecule has 186 valence electrons. The van der Waals surface area contributed by atoms with Crippen molar-refractivity contribution in [3.8, 4) is 5.69 Å². The van der Waals surface area contributed by atoms with Crippen LogP contribution in [0.2, 0.25) is 5.02 Å². The van der Waals surface area contributed by atoms with E-state index in [4.69, 9.17) is 22.4 Å². The van der Waals surface area contributed by atoms with Gasteiger partial charge in [0.05, 0.1) is 46.2 Å². The zero-order chi connectivity index (χ0) is 25.6. The molecule has 1 aliphatic heterocycles. The van der Waals surface area contributed by atoms with E-state index >= 15 is 4.39 Å². The number of anilines is 2. The van der Waals surface area contributed by atoms with E-state index in [1.807, 2.05) is 0 Å². The van der Waals surface area contributed by atoms with E-state index in [-0.39, 0.29) is 56.8 Å². The lowest BCUT2D eigenvalue weighted by atomic mass is 10.00. The number of nitrogens with zero attached hydrogens (tertiary/aromatic N) is 2. The van der Waals surface area contributed by atoms with E-state index in [2.05, 4.69) is 5.32 Å². The summed E-state index contributed by atoms with van der Waals surface area (Å²) in [6, 6.07) is 2.17. The highest BCUT2D eigenvalue weighted by Gasteiger charge is 2.33. The molecule has 1 fully saturated rings. The van der Waals surface area contributed by atoms with E-state index in [1.165, 1.54) is 17.6 Å². The summed E-state index contributed by atoms with van der Waals surface area (Å²) in [5.74, 6) is -3.11. The molecule has 0 saturated carbocycles. The van der Waals surface area contributed by atoms with Crippen molar-refractivity contribution >= 4 is 39.8 Å². The number of hydrogen-bond acceptors (Lipinski definition) is 7. The first-order valence-corrected chi connectivity index (χ1v) is 11.1. The molecule has 1 aromatic heterocycles. The van der Waals surface area contributed by atoms with Crippen LogP contribution < -0.4 is 21.4 Å². The van der Waals surface area contributed by atoms with Crippen molar-refractivity contribution in [2.45, 2.75) is 19.6 Å². The van der Waals surface area contributed by atoms with Gasteiger partial charge in [-0.1, -0.05) is 11.6 Å². The van der Waals surface area contributed by atoms with Gasteiger partial charge in [-0.2, -0.15) is 0 Å². The van der Waals surface area contributed by atoms with Crippen LogP contribution in [0.25, 0.3) is 16.6 Å². The van der Waals surface area contributed by atoms with E-state index in [1.54, 1.807) is 4.90 Å². The summed E-state index contributed by atoms with van der Waals surface area (Å²) in [4.78, 5) is 26.6. The van der Waals surface area contributed by atoms with Crippen molar-refractivity contribution in [2.24, 2.45) is 0 Å². The predicted octanol–water partition coefficient (Wildman–Crippen LogP) is 1.77. The molecule has 0 amide bonds. The standard InChI is InChI=1S/C23H23ClF2N4O5/c1-10-17-20(18(24)21(19(10)26)29-6-12(7-29)28-2-3-31)30(8-13(22(17)33)23(34)35)16-5-15(27)14(25)4-11(16)9-32/h4-5,8,12,28,31-32H,2-3,6-7,9,27H2,1H3,(H,34,35). The molecule has 2 heterocycles. The van der Waals surface area contributed by atoms with Crippen LogP contribution in [0.1, 0.15) is 21.5 Å². The Morgan fingerprint density at radius 2 is 1.97 bits per heavy atom. The SMILES string of the molecule is Cc1c(F)c(N2CC(NCCO)C2)c(Cl)c2c1c(=O)c(C(=O)O)cn2-c1cc(N)c(F)cc1CO. The maximum absolute atomic E-state index is 15.6. The highest BCUT2D eigenvalue weighted by Crippen LogP contribution is 2.41. The quantitative estimate of drug-likeness (QED) is 0.304. The number of aromatic carboxylic acids is 1. The molecule has 1 aliphatic rings. The molecule has 0 spiro atoms. The van der Waals surface area contributed by atoms with E-state index in [9.17, 15) is 24.2 Å². The molecule has 4 rings (SSSR count). The van der Waals surface area contributed by atoms with Crippen LogP contribution in [0.5, 0.6) is 0 Å². The van der Waals surface area contributed by atoms with Gasteiger partial charge in [-0.05, 0) is 19.1 Å². The molecule has 3 aromatic rings. The van der Waals surface area contributed by atoms with E-state index in [0.29, 0.717) is 19.6 Å². The van der Waals surface area contributed by atoms with Crippen LogP contribution in [-0.4, -0.2) is 58.1 Å². The van der Waals surface area contributed by atoms with Crippen molar-refractivity contribution in [2.75, 3.05) is 36.9 Å². The maximum Gasteiger partial charge on any atom is 0.341 e. The number of nitrogens with one attached hydrogen (secondary N) is 1. The number of nitrogen functional groups attached to an aromatic ring is 1. The van der Waals surface area contributed by atoms with Gasteiger partial charge in [0.2, 0.25) is 5.43 Å². The molecule has 9 nitrogen and oxygen atoms in total. The minimum atomic E-state index is -1.55. The highest BCUT2D eigenvalue weighted by atomic mass is 35.5. The fourth-order valence-corrected chi connectivity index (χ4v) is 4.71. The number of halogens is 3. The summed E-state index contributed by atoms with van der Waals surface area (Å²) in [5.41, 5.74) is 3.93. The lowest BCUT2D eigenvalue weighted by Gasteiger charge is -2.42. The van der Waals surface area contributed by atoms with Crippen molar-refractivity contribution in [1.29, 1.82) is 0 Å². The highest BCUT2D eigenvalue weighted by molar-refractivity contribution is 6.38. The summed E-state index contributed by atoms with van der Waals surface area (Å²) in [5, 5.41) is 31.1. The molecule has 2 aromatic carbocycles. The maximum atomic E-state index is 15.6. The largest absolute Gasteiger partial charge is 0.477 e. The Labute approximate surface area is 203 Å². The van der Waals surface area contributed by atoms with Crippen LogP contribution in [0.15, 0.2) is 23.1 Å². The van der Waals surface area contributed by atoms with Crippen molar-refractivity contribution in [3.05, 3.63) is 61.9 Å². The number of rotatable bonds is 7. The van der Waals surface area contributed by atoms with Gasteiger partial charge in [0.15, 0.2) is 5.82 Å². The first kappa shape index (κ1) is 24.9. The van der Waals surface area contributed by atoms with Crippen molar-refractivity contribution < 1.29 is 28.9 Å². The number of benzene rings is 2. The number of aryl methyl sites for hydroxylation is 1. The Bertz CT molecular complexity index is 1410. The van der Waals surface area contributed by atoms with Gasteiger partial charge in [0.25, 0.3) is 0 Å². The topological polar surface area (TPSA) is 141 Å². The third kappa shape index (κ3) is 4.10. The van der Waals surface area contributed by atoms with Gasteiger partial charge in [-0.25, -0.2) is 13.6 Å². The minimum Gasteiger partial charge on any atom is -0.477 e. The summed E-state index contributed by atoms with van der Waals surface area (Å²) in [7, 11) is 0. The zero-order valence-electron chi connectivity index (χ0n) is 18.6. The molecule has 1 saturated heterocycles. The Morgan fingerprint density at radius 1 is 1.29 bits per heavy atom. The smallest absolute Gasteiger partial charge is 0.341 e. The van der Waals surface area contributed by atoms with Crippen LogP contribution in [0, 0.1) is 18.6 Å². The third-order valence-electron chi connectivity index (χ3n) is 6.14. The lowest BCUT2D eigenvalue weighted by molar-refractivity contribution is 0.0695. The van der Waals surface area contributed by atoms with E-state index in [0.717, 1.165) is 12.3 Å². The Morgan fingerprint density at radius 3 is 2.57 bits per heavy atom. The van der Waals surface area contributed by atoms with Gasteiger partial charge in [-0.15, -0.1) is 0 Å².